The normalized spacial score (nSPS) is 19.9. The summed E-state index contributed by atoms with van der Waals surface area (Å²) in [6, 6.07) is 11.6. The highest BCUT2D eigenvalue weighted by molar-refractivity contribution is 5.94. The van der Waals surface area contributed by atoms with Crippen LogP contribution in [0.3, 0.4) is 0 Å². The molecule has 15 nitrogen and oxygen atoms in total. The molecule has 2 aliphatic rings. The molecule has 5 amide bonds. The molecule has 1 aliphatic heterocycles. The van der Waals surface area contributed by atoms with E-state index in [4.69, 9.17) is 18.9 Å². The number of hydrogen-bond donors (Lipinski definition) is 5. The number of esters is 1. The van der Waals surface area contributed by atoms with Crippen LogP contribution in [-0.4, -0.2) is 99.1 Å². The Morgan fingerprint density at radius 2 is 1.56 bits per heavy atom. The Hall–Kier alpha value is -5.18. The SMILES string of the molecule is COC(=O)[C@@H]1CCCCCOC[C@H](NC(=O)[C@H](CCCCNC(=O)OC(C)(C)C)NC(=O)OCC2c3ccccc3-c3ccccc32)C(=O)N[C@@H](C)C(=O)N1. The Morgan fingerprint density at radius 1 is 0.891 bits per heavy atom. The van der Waals surface area contributed by atoms with Gasteiger partial charge in [0.15, 0.2) is 0 Å². The molecule has 0 saturated carbocycles. The van der Waals surface area contributed by atoms with Crippen molar-refractivity contribution in [2.75, 3.05) is 33.5 Å². The van der Waals surface area contributed by atoms with Gasteiger partial charge in [-0.15, -0.1) is 0 Å². The van der Waals surface area contributed by atoms with E-state index >= 15 is 0 Å². The van der Waals surface area contributed by atoms with Crippen LogP contribution in [0.25, 0.3) is 11.1 Å². The van der Waals surface area contributed by atoms with Crippen LogP contribution in [0.4, 0.5) is 9.59 Å². The van der Waals surface area contributed by atoms with E-state index in [0.29, 0.717) is 38.5 Å². The second-order valence-electron chi connectivity index (χ2n) is 14.7. The third kappa shape index (κ3) is 13.0. The number of carbonyl (C=O) groups excluding carboxylic acids is 6. The second kappa shape index (κ2) is 20.5. The highest BCUT2D eigenvalue weighted by Crippen LogP contribution is 2.44. The van der Waals surface area contributed by atoms with Crippen LogP contribution >= 0.6 is 0 Å². The Labute approximate surface area is 322 Å². The molecule has 2 aromatic carbocycles. The highest BCUT2D eigenvalue weighted by Gasteiger charge is 2.32. The lowest BCUT2D eigenvalue weighted by Crippen LogP contribution is -2.58. The highest BCUT2D eigenvalue weighted by atomic mass is 16.6. The molecule has 2 aromatic rings. The molecule has 0 spiro atoms. The fourth-order valence-corrected chi connectivity index (χ4v) is 6.48. The molecule has 0 unspecified atom stereocenters. The third-order valence-corrected chi connectivity index (χ3v) is 9.29. The maximum atomic E-state index is 13.8. The zero-order chi connectivity index (χ0) is 40.0. The summed E-state index contributed by atoms with van der Waals surface area (Å²) in [7, 11) is 1.24. The Balaban J connectivity index is 1.43. The Morgan fingerprint density at radius 3 is 2.22 bits per heavy atom. The number of benzene rings is 2. The number of nitrogens with one attached hydrogen (secondary N) is 5. The lowest BCUT2D eigenvalue weighted by atomic mass is 9.98. The maximum Gasteiger partial charge on any atom is 0.407 e. The topological polar surface area (TPSA) is 199 Å². The van der Waals surface area contributed by atoms with E-state index in [9.17, 15) is 28.8 Å². The van der Waals surface area contributed by atoms with Gasteiger partial charge in [-0.05, 0) is 82.1 Å². The summed E-state index contributed by atoms with van der Waals surface area (Å²) in [4.78, 5) is 78.0. The van der Waals surface area contributed by atoms with Crippen molar-refractivity contribution in [1.29, 1.82) is 0 Å². The first-order chi connectivity index (χ1) is 26.3. The summed E-state index contributed by atoms with van der Waals surface area (Å²) in [6.07, 6.45) is 1.93. The van der Waals surface area contributed by atoms with E-state index in [-0.39, 0.29) is 38.7 Å². The van der Waals surface area contributed by atoms with E-state index in [2.05, 4.69) is 26.6 Å². The summed E-state index contributed by atoms with van der Waals surface area (Å²) >= 11 is 0. The van der Waals surface area contributed by atoms with E-state index < -0.39 is 65.6 Å². The molecule has 0 aromatic heterocycles. The summed E-state index contributed by atoms with van der Waals surface area (Å²) < 4.78 is 21.6. The van der Waals surface area contributed by atoms with Crippen molar-refractivity contribution in [2.45, 2.75) is 108 Å². The molecule has 4 atom stereocenters. The average molecular weight is 766 g/mol. The number of ether oxygens (including phenoxy) is 4. The number of carbonyl (C=O) groups is 6. The van der Waals surface area contributed by atoms with Crippen molar-refractivity contribution >= 4 is 35.9 Å². The second-order valence-corrected chi connectivity index (χ2v) is 14.7. The lowest BCUT2D eigenvalue weighted by Gasteiger charge is -2.25. The molecule has 15 heteroatoms. The van der Waals surface area contributed by atoms with Crippen LogP contribution in [0, 0.1) is 0 Å². The molecular weight excluding hydrogens is 710 g/mol. The monoisotopic (exact) mass is 765 g/mol. The molecule has 1 aliphatic carbocycles. The number of amides is 5. The van der Waals surface area contributed by atoms with E-state index in [1.54, 1.807) is 20.8 Å². The average Bonchev–Trinajstić information content (AvgIpc) is 3.46. The quantitative estimate of drug-likeness (QED) is 0.127. The molecule has 55 heavy (non-hydrogen) atoms. The smallest absolute Gasteiger partial charge is 0.407 e. The minimum Gasteiger partial charge on any atom is -0.467 e. The van der Waals surface area contributed by atoms with E-state index in [1.807, 2.05) is 48.5 Å². The molecule has 300 valence electrons. The maximum absolute atomic E-state index is 13.8. The van der Waals surface area contributed by atoms with Gasteiger partial charge in [-0.3, -0.25) is 14.4 Å². The van der Waals surface area contributed by atoms with Crippen LogP contribution in [-0.2, 0) is 38.1 Å². The molecule has 5 N–H and O–H groups in total. The minimum atomic E-state index is -1.22. The Bertz CT molecular complexity index is 1620. The third-order valence-electron chi connectivity index (χ3n) is 9.29. The molecule has 0 bridgehead atoms. The van der Waals surface area contributed by atoms with Gasteiger partial charge in [0.25, 0.3) is 0 Å². The fourth-order valence-electron chi connectivity index (χ4n) is 6.48. The summed E-state index contributed by atoms with van der Waals surface area (Å²) in [6.45, 7) is 7.14. The number of methoxy groups -OCH3 is 1. The van der Waals surface area contributed by atoms with Crippen molar-refractivity contribution in [3.63, 3.8) is 0 Å². The molecular formula is C40H55N5O10. The van der Waals surface area contributed by atoms with Crippen molar-refractivity contribution in [3.8, 4) is 11.1 Å². The van der Waals surface area contributed by atoms with Crippen LogP contribution in [0.2, 0.25) is 0 Å². The van der Waals surface area contributed by atoms with Gasteiger partial charge in [0.05, 0.1) is 13.7 Å². The molecule has 1 saturated heterocycles. The van der Waals surface area contributed by atoms with Crippen LogP contribution in [0.1, 0.15) is 89.7 Å². The summed E-state index contributed by atoms with van der Waals surface area (Å²) in [5.41, 5.74) is 3.56. The first-order valence-corrected chi connectivity index (χ1v) is 18.9. The standard InChI is InChI=1S/C40H55N5O10/c1-25-34(46)43-32(37(49)52-5)20-7-6-14-22-53-24-33(36(48)42-25)44-35(47)31(19-12-13-21-41-38(50)55-40(2,3)4)45-39(51)54-23-30-28-17-10-8-15-26(28)27-16-9-11-18-29(27)30/h8-11,15-18,25,30-33H,6-7,12-14,19-24H2,1-5H3,(H,41,50)(H,42,48)(H,43,46)(H,44,47)(H,45,51)/t25-,31-,32-,33-/m0/s1. The fraction of sp³-hybridized carbons (Fsp3) is 0.550. The zero-order valence-electron chi connectivity index (χ0n) is 32.4. The number of rotatable bonds is 11. The van der Waals surface area contributed by atoms with E-state index in [0.717, 1.165) is 22.3 Å². The first kappa shape index (κ1) is 42.6. The number of hydrogen-bond acceptors (Lipinski definition) is 10. The number of alkyl carbamates (subject to hydrolysis) is 2. The molecule has 4 rings (SSSR count). The zero-order valence-corrected chi connectivity index (χ0v) is 32.4. The van der Waals surface area contributed by atoms with Gasteiger partial charge < -0.3 is 45.5 Å². The van der Waals surface area contributed by atoms with Gasteiger partial charge in [-0.25, -0.2) is 14.4 Å². The first-order valence-electron chi connectivity index (χ1n) is 18.9. The summed E-state index contributed by atoms with van der Waals surface area (Å²) in [5.74, 6) is -2.74. The van der Waals surface area contributed by atoms with Gasteiger partial charge in [0.1, 0.15) is 36.4 Å². The summed E-state index contributed by atoms with van der Waals surface area (Å²) in [5, 5.41) is 13.3. The van der Waals surface area contributed by atoms with Crippen LogP contribution < -0.4 is 26.6 Å². The number of unbranched alkanes of at least 4 members (excludes halogenated alkanes) is 1. The molecule has 0 radical (unpaired) electrons. The number of fused-ring (bicyclic) bond motifs is 3. The minimum absolute atomic E-state index is 0.0314. The van der Waals surface area contributed by atoms with Gasteiger partial charge >= 0.3 is 18.2 Å². The van der Waals surface area contributed by atoms with Gasteiger partial charge in [0.2, 0.25) is 17.7 Å². The van der Waals surface area contributed by atoms with Crippen LogP contribution in [0.15, 0.2) is 48.5 Å². The van der Waals surface area contributed by atoms with Gasteiger partial charge in [-0.1, -0.05) is 61.4 Å². The van der Waals surface area contributed by atoms with Crippen molar-refractivity contribution in [3.05, 3.63) is 59.7 Å². The van der Waals surface area contributed by atoms with Gasteiger partial charge in [0, 0.05) is 19.1 Å². The van der Waals surface area contributed by atoms with Gasteiger partial charge in [-0.2, -0.15) is 0 Å². The largest absolute Gasteiger partial charge is 0.467 e. The van der Waals surface area contributed by atoms with E-state index in [1.165, 1.54) is 14.0 Å². The predicted octanol–water partition coefficient (Wildman–Crippen LogP) is 3.83. The van der Waals surface area contributed by atoms with Crippen LogP contribution in [0.5, 0.6) is 0 Å². The Kier molecular flexibility index (Phi) is 15.9. The van der Waals surface area contributed by atoms with Crippen molar-refractivity contribution in [2.24, 2.45) is 0 Å². The predicted molar refractivity (Wildman–Crippen MR) is 203 cm³/mol. The van der Waals surface area contributed by atoms with Crippen molar-refractivity contribution < 1.29 is 47.7 Å². The lowest BCUT2D eigenvalue weighted by molar-refractivity contribution is -0.145. The molecule has 1 fully saturated rings. The van der Waals surface area contributed by atoms with Crippen molar-refractivity contribution in [1.82, 2.24) is 26.6 Å². The molecule has 1 heterocycles.